The minimum Gasteiger partial charge on any atom is -0.393 e. The van der Waals surface area contributed by atoms with Gasteiger partial charge in [0.25, 0.3) is 0 Å². The van der Waals surface area contributed by atoms with Gasteiger partial charge in [-0.2, -0.15) is 0 Å². The standard InChI is InChI=1S/C9H20O2/c1-4-8(10)6-9(11)5-7(2)3/h7-11H,4-6H2,1-3H3. The highest BCUT2D eigenvalue weighted by atomic mass is 16.3. The topological polar surface area (TPSA) is 40.5 Å². The lowest BCUT2D eigenvalue weighted by Crippen LogP contribution is -2.18. The van der Waals surface area contributed by atoms with Crippen LogP contribution in [0.3, 0.4) is 0 Å². The van der Waals surface area contributed by atoms with E-state index in [1.807, 2.05) is 6.92 Å². The zero-order valence-electron chi connectivity index (χ0n) is 7.75. The van der Waals surface area contributed by atoms with E-state index in [4.69, 9.17) is 0 Å². The average molecular weight is 160 g/mol. The highest BCUT2D eigenvalue weighted by molar-refractivity contribution is 4.63. The van der Waals surface area contributed by atoms with Crippen LogP contribution in [0.4, 0.5) is 0 Å². The van der Waals surface area contributed by atoms with Gasteiger partial charge in [-0.15, -0.1) is 0 Å². The first kappa shape index (κ1) is 10.9. The summed E-state index contributed by atoms with van der Waals surface area (Å²) < 4.78 is 0. The molecular weight excluding hydrogens is 140 g/mol. The van der Waals surface area contributed by atoms with Crippen LogP contribution >= 0.6 is 0 Å². The van der Waals surface area contributed by atoms with Gasteiger partial charge >= 0.3 is 0 Å². The van der Waals surface area contributed by atoms with Crippen LogP contribution in [0.1, 0.15) is 40.0 Å². The van der Waals surface area contributed by atoms with Gasteiger partial charge in [-0.25, -0.2) is 0 Å². The predicted molar refractivity (Wildman–Crippen MR) is 46.4 cm³/mol. The quantitative estimate of drug-likeness (QED) is 0.640. The molecule has 0 bridgehead atoms. The van der Waals surface area contributed by atoms with Crippen LogP contribution in [-0.2, 0) is 0 Å². The van der Waals surface area contributed by atoms with Crippen molar-refractivity contribution in [2.75, 3.05) is 0 Å². The monoisotopic (exact) mass is 160 g/mol. The number of aliphatic hydroxyl groups excluding tert-OH is 2. The van der Waals surface area contributed by atoms with E-state index in [9.17, 15) is 10.2 Å². The normalized spacial score (nSPS) is 16.9. The van der Waals surface area contributed by atoms with Crippen LogP contribution < -0.4 is 0 Å². The molecule has 0 fully saturated rings. The molecule has 0 heterocycles. The Morgan fingerprint density at radius 3 is 1.91 bits per heavy atom. The van der Waals surface area contributed by atoms with Gasteiger partial charge < -0.3 is 10.2 Å². The minimum absolute atomic E-state index is 0.329. The van der Waals surface area contributed by atoms with Crippen molar-refractivity contribution in [3.05, 3.63) is 0 Å². The molecule has 0 aliphatic carbocycles. The van der Waals surface area contributed by atoms with Gasteiger partial charge in [0.15, 0.2) is 0 Å². The first-order valence-electron chi connectivity index (χ1n) is 4.42. The molecule has 11 heavy (non-hydrogen) atoms. The summed E-state index contributed by atoms with van der Waals surface area (Å²) >= 11 is 0. The fourth-order valence-corrected chi connectivity index (χ4v) is 1.12. The Balaban J connectivity index is 3.43. The van der Waals surface area contributed by atoms with Crippen LogP contribution in [0.2, 0.25) is 0 Å². The molecule has 2 N–H and O–H groups in total. The van der Waals surface area contributed by atoms with E-state index >= 15 is 0 Å². The molecule has 0 saturated heterocycles. The maximum Gasteiger partial charge on any atom is 0.0567 e. The fraction of sp³-hybridized carbons (Fsp3) is 1.00. The molecule has 2 nitrogen and oxygen atoms in total. The summed E-state index contributed by atoms with van der Waals surface area (Å²) in [6.45, 7) is 6.07. The molecule has 2 atom stereocenters. The molecule has 0 spiro atoms. The lowest BCUT2D eigenvalue weighted by atomic mass is 10.0. The number of rotatable bonds is 5. The molecule has 2 heteroatoms. The predicted octanol–water partition coefficient (Wildman–Crippen LogP) is 1.55. The van der Waals surface area contributed by atoms with Crippen LogP contribution in [-0.4, -0.2) is 22.4 Å². The lowest BCUT2D eigenvalue weighted by molar-refractivity contribution is 0.0666. The molecule has 0 aliphatic heterocycles. The molecule has 2 unspecified atom stereocenters. The van der Waals surface area contributed by atoms with E-state index in [0.717, 1.165) is 12.8 Å². The van der Waals surface area contributed by atoms with Crippen molar-refractivity contribution < 1.29 is 10.2 Å². The van der Waals surface area contributed by atoms with Crippen molar-refractivity contribution in [1.82, 2.24) is 0 Å². The SMILES string of the molecule is CCC(O)CC(O)CC(C)C. The minimum atomic E-state index is -0.330. The highest BCUT2D eigenvalue weighted by Gasteiger charge is 2.11. The Labute approximate surface area is 69.2 Å². The second-order valence-corrected chi connectivity index (χ2v) is 3.58. The zero-order chi connectivity index (χ0) is 8.85. The van der Waals surface area contributed by atoms with Crippen molar-refractivity contribution >= 4 is 0 Å². The van der Waals surface area contributed by atoms with E-state index in [-0.39, 0.29) is 12.2 Å². The average Bonchev–Trinajstić information content (AvgIpc) is 1.85. The van der Waals surface area contributed by atoms with E-state index in [0.29, 0.717) is 12.3 Å². The summed E-state index contributed by atoms with van der Waals surface area (Å²) in [7, 11) is 0. The third-order valence-electron chi connectivity index (χ3n) is 1.76. The van der Waals surface area contributed by atoms with Gasteiger partial charge in [-0.1, -0.05) is 20.8 Å². The summed E-state index contributed by atoms with van der Waals surface area (Å²) in [5.74, 6) is 0.508. The molecule has 0 amide bonds. The molecular formula is C9H20O2. The van der Waals surface area contributed by atoms with E-state index < -0.39 is 0 Å². The lowest BCUT2D eigenvalue weighted by Gasteiger charge is -2.15. The van der Waals surface area contributed by atoms with Gasteiger partial charge in [0, 0.05) is 0 Å². The van der Waals surface area contributed by atoms with Crippen molar-refractivity contribution in [2.24, 2.45) is 5.92 Å². The maximum atomic E-state index is 9.36. The Kier molecular flexibility index (Phi) is 5.51. The summed E-state index contributed by atoms with van der Waals surface area (Å²) in [4.78, 5) is 0. The molecule has 0 radical (unpaired) electrons. The molecule has 0 rings (SSSR count). The van der Waals surface area contributed by atoms with Gasteiger partial charge in [-0.3, -0.25) is 0 Å². The smallest absolute Gasteiger partial charge is 0.0567 e. The van der Waals surface area contributed by atoms with Crippen molar-refractivity contribution in [2.45, 2.75) is 52.2 Å². The van der Waals surface area contributed by atoms with E-state index in [1.165, 1.54) is 0 Å². The van der Waals surface area contributed by atoms with Crippen LogP contribution in [0.25, 0.3) is 0 Å². The maximum absolute atomic E-state index is 9.36. The van der Waals surface area contributed by atoms with Gasteiger partial charge in [0.05, 0.1) is 12.2 Å². The molecule has 68 valence electrons. The van der Waals surface area contributed by atoms with Crippen molar-refractivity contribution in [3.8, 4) is 0 Å². The second-order valence-electron chi connectivity index (χ2n) is 3.58. The van der Waals surface area contributed by atoms with Crippen LogP contribution in [0.5, 0.6) is 0 Å². The Hall–Kier alpha value is -0.0800. The van der Waals surface area contributed by atoms with E-state index in [2.05, 4.69) is 13.8 Å². The fourth-order valence-electron chi connectivity index (χ4n) is 1.12. The Morgan fingerprint density at radius 1 is 1.00 bits per heavy atom. The van der Waals surface area contributed by atoms with Gasteiger partial charge in [-0.05, 0) is 25.2 Å². The Bertz CT molecular complexity index is 91.6. The molecule has 0 aliphatic rings. The van der Waals surface area contributed by atoms with E-state index in [1.54, 1.807) is 0 Å². The molecule has 0 saturated carbocycles. The third-order valence-corrected chi connectivity index (χ3v) is 1.76. The van der Waals surface area contributed by atoms with Gasteiger partial charge in [0.2, 0.25) is 0 Å². The summed E-state index contributed by atoms with van der Waals surface area (Å²) in [5.41, 5.74) is 0. The third kappa shape index (κ3) is 6.32. The summed E-state index contributed by atoms with van der Waals surface area (Å²) in [6.07, 6.45) is 1.38. The molecule has 0 aromatic rings. The first-order chi connectivity index (χ1) is 5.06. The van der Waals surface area contributed by atoms with Gasteiger partial charge in [0.1, 0.15) is 0 Å². The van der Waals surface area contributed by atoms with Crippen molar-refractivity contribution in [1.29, 1.82) is 0 Å². The zero-order valence-corrected chi connectivity index (χ0v) is 7.75. The van der Waals surface area contributed by atoms with Crippen molar-refractivity contribution in [3.63, 3.8) is 0 Å². The van der Waals surface area contributed by atoms with Crippen LogP contribution in [0, 0.1) is 5.92 Å². The largest absolute Gasteiger partial charge is 0.393 e. The number of hydrogen-bond acceptors (Lipinski definition) is 2. The first-order valence-corrected chi connectivity index (χ1v) is 4.42. The number of aliphatic hydroxyl groups is 2. The molecule has 0 aromatic heterocycles. The van der Waals surface area contributed by atoms with Crippen LogP contribution in [0.15, 0.2) is 0 Å². The highest BCUT2D eigenvalue weighted by Crippen LogP contribution is 2.10. The second kappa shape index (κ2) is 5.56. The molecule has 0 aromatic carbocycles. The number of hydrogen-bond donors (Lipinski definition) is 2. The summed E-state index contributed by atoms with van der Waals surface area (Å²) in [6, 6.07) is 0. The Morgan fingerprint density at radius 2 is 1.55 bits per heavy atom. The summed E-state index contributed by atoms with van der Waals surface area (Å²) in [5, 5.41) is 18.5.